The molecule has 6 nitrogen and oxygen atoms in total. The van der Waals surface area contributed by atoms with Crippen molar-refractivity contribution >= 4 is 11.8 Å². The van der Waals surface area contributed by atoms with Crippen molar-refractivity contribution in [1.82, 2.24) is 14.5 Å². The van der Waals surface area contributed by atoms with E-state index in [4.69, 9.17) is 10.5 Å². The van der Waals surface area contributed by atoms with E-state index in [1.165, 1.54) is 12.8 Å². The zero-order chi connectivity index (χ0) is 13.8. The van der Waals surface area contributed by atoms with Crippen LogP contribution in [-0.2, 0) is 11.3 Å². The molecule has 1 unspecified atom stereocenters. The zero-order valence-corrected chi connectivity index (χ0v) is 11.6. The second-order valence-electron chi connectivity index (χ2n) is 4.94. The lowest BCUT2D eigenvalue weighted by atomic mass is 10.3. The average Bonchev–Trinajstić information content (AvgIpc) is 3.01. The van der Waals surface area contributed by atoms with Crippen LogP contribution in [0.1, 0.15) is 37.2 Å². The van der Waals surface area contributed by atoms with Crippen LogP contribution in [0.5, 0.6) is 0 Å². The van der Waals surface area contributed by atoms with Crippen molar-refractivity contribution in [2.45, 2.75) is 39.3 Å². The second kappa shape index (κ2) is 6.06. The number of nitrogens with zero attached hydrogens (tertiary/aromatic N) is 3. The number of carbonyl (C=O) groups excluding carboxylic acids is 1. The Bertz CT molecular complexity index is 438. The molecule has 106 valence electrons. The Morgan fingerprint density at radius 1 is 1.53 bits per heavy atom. The molecular weight excluding hydrogens is 244 g/mol. The van der Waals surface area contributed by atoms with E-state index >= 15 is 0 Å². The Hall–Kier alpha value is -1.56. The summed E-state index contributed by atoms with van der Waals surface area (Å²) in [5, 5.41) is 0. The first kappa shape index (κ1) is 13.9. The number of hydrogen-bond donors (Lipinski definition) is 1. The molecule has 1 aliphatic heterocycles. The number of hydrogen-bond acceptors (Lipinski definition) is 5. The summed E-state index contributed by atoms with van der Waals surface area (Å²) < 4.78 is 6.75. The van der Waals surface area contributed by atoms with Gasteiger partial charge >= 0.3 is 5.97 Å². The first-order valence-electron chi connectivity index (χ1n) is 6.85. The fourth-order valence-corrected chi connectivity index (χ4v) is 2.48. The third-order valence-electron chi connectivity index (χ3n) is 3.57. The van der Waals surface area contributed by atoms with Gasteiger partial charge in [-0.15, -0.1) is 0 Å². The van der Waals surface area contributed by atoms with E-state index < -0.39 is 5.97 Å². The molecule has 2 heterocycles. The highest BCUT2D eigenvalue weighted by molar-refractivity contribution is 5.92. The van der Waals surface area contributed by atoms with Gasteiger partial charge in [-0.3, -0.25) is 4.90 Å². The van der Waals surface area contributed by atoms with Crippen molar-refractivity contribution < 1.29 is 9.53 Å². The SMILES string of the molecule is CCOC(=O)c1ncn(CC(C)N2CCCC2)c1N. The summed E-state index contributed by atoms with van der Waals surface area (Å²) in [6.45, 7) is 7.30. The molecule has 0 saturated carbocycles. The van der Waals surface area contributed by atoms with Gasteiger partial charge in [-0.1, -0.05) is 0 Å². The van der Waals surface area contributed by atoms with Crippen LogP contribution < -0.4 is 5.73 Å². The van der Waals surface area contributed by atoms with Crippen molar-refractivity contribution in [3.05, 3.63) is 12.0 Å². The van der Waals surface area contributed by atoms with Crippen molar-refractivity contribution in [2.24, 2.45) is 0 Å². The molecule has 1 saturated heterocycles. The molecule has 1 aliphatic rings. The molecule has 0 radical (unpaired) electrons. The van der Waals surface area contributed by atoms with Crippen LogP contribution in [0.15, 0.2) is 6.33 Å². The second-order valence-corrected chi connectivity index (χ2v) is 4.94. The minimum atomic E-state index is -0.451. The third-order valence-corrected chi connectivity index (χ3v) is 3.57. The largest absolute Gasteiger partial charge is 0.461 e. The summed E-state index contributed by atoms with van der Waals surface area (Å²) in [6, 6.07) is 0.397. The molecule has 0 aromatic carbocycles. The van der Waals surface area contributed by atoms with Crippen LogP contribution in [-0.4, -0.2) is 46.2 Å². The molecular formula is C13H22N4O2. The van der Waals surface area contributed by atoms with Gasteiger partial charge in [0.2, 0.25) is 0 Å². The number of ether oxygens (including phenoxy) is 1. The van der Waals surface area contributed by atoms with Crippen LogP contribution in [0.2, 0.25) is 0 Å². The van der Waals surface area contributed by atoms with Gasteiger partial charge in [0.1, 0.15) is 5.82 Å². The summed E-state index contributed by atoms with van der Waals surface area (Å²) in [7, 11) is 0. The lowest BCUT2D eigenvalue weighted by Crippen LogP contribution is -2.33. The Morgan fingerprint density at radius 2 is 2.21 bits per heavy atom. The maximum atomic E-state index is 11.6. The fraction of sp³-hybridized carbons (Fsp3) is 0.692. The molecule has 1 atom stereocenters. The minimum absolute atomic E-state index is 0.218. The lowest BCUT2D eigenvalue weighted by Gasteiger charge is -2.24. The van der Waals surface area contributed by atoms with E-state index in [1.807, 2.05) is 4.57 Å². The van der Waals surface area contributed by atoms with E-state index in [1.54, 1.807) is 13.3 Å². The molecule has 6 heteroatoms. The molecule has 0 spiro atoms. The summed E-state index contributed by atoms with van der Waals surface area (Å²) in [5.74, 6) is -0.0583. The van der Waals surface area contributed by atoms with Crippen LogP contribution in [0, 0.1) is 0 Å². The van der Waals surface area contributed by atoms with Crippen LogP contribution in [0.4, 0.5) is 5.82 Å². The molecule has 0 aliphatic carbocycles. The van der Waals surface area contributed by atoms with Crippen molar-refractivity contribution in [3.63, 3.8) is 0 Å². The molecule has 0 amide bonds. The number of likely N-dealkylation sites (tertiary alicyclic amines) is 1. The average molecular weight is 266 g/mol. The Kier molecular flexibility index (Phi) is 4.42. The summed E-state index contributed by atoms with van der Waals surface area (Å²) in [5.41, 5.74) is 6.18. The highest BCUT2D eigenvalue weighted by Gasteiger charge is 2.21. The number of anilines is 1. The van der Waals surface area contributed by atoms with Gasteiger partial charge in [0.15, 0.2) is 5.69 Å². The number of carbonyl (C=O) groups is 1. The van der Waals surface area contributed by atoms with Crippen LogP contribution in [0.3, 0.4) is 0 Å². The third kappa shape index (κ3) is 3.07. The standard InChI is InChI=1S/C13H22N4O2/c1-3-19-13(18)11-12(14)17(9-15-11)8-10(2)16-6-4-5-7-16/h9-10H,3-8,14H2,1-2H3. The van der Waals surface area contributed by atoms with Gasteiger partial charge in [0.25, 0.3) is 0 Å². The van der Waals surface area contributed by atoms with E-state index in [0.717, 1.165) is 19.6 Å². The van der Waals surface area contributed by atoms with E-state index in [2.05, 4.69) is 16.8 Å². The van der Waals surface area contributed by atoms with E-state index in [9.17, 15) is 4.79 Å². The quantitative estimate of drug-likeness (QED) is 0.809. The van der Waals surface area contributed by atoms with Gasteiger partial charge in [-0.2, -0.15) is 0 Å². The molecule has 1 aromatic rings. The molecule has 2 rings (SSSR count). The van der Waals surface area contributed by atoms with Gasteiger partial charge < -0.3 is 15.0 Å². The number of nitrogens with two attached hydrogens (primary N) is 1. The van der Waals surface area contributed by atoms with Crippen LogP contribution >= 0.6 is 0 Å². The highest BCUT2D eigenvalue weighted by atomic mass is 16.5. The highest BCUT2D eigenvalue weighted by Crippen LogP contribution is 2.16. The van der Waals surface area contributed by atoms with E-state index in [-0.39, 0.29) is 5.69 Å². The molecule has 0 bridgehead atoms. The Morgan fingerprint density at radius 3 is 2.84 bits per heavy atom. The van der Waals surface area contributed by atoms with Crippen molar-refractivity contribution in [2.75, 3.05) is 25.4 Å². The number of nitrogen functional groups attached to an aromatic ring is 1. The summed E-state index contributed by atoms with van der Waals surface area (Å²) in [6.07, 6.45) is 4.14. The predicted octanol–water partition coefficient (Wildman–Crippen LogP) is 1.13. The Labute approximate surface area is 113 Å². The molecule has 1 aromatic heterocycles. The normalized spacial score (nSPS) is 17.6. The topological polar surface area (TPSA) is 73.4 Å². The van der Waals surface area contributed by atoms with Crippen molar-refractivity contribution in [1.29, 1.82) is 0 Å². The van der Waals surface area contributed by atoms with Gasteiger partial charge in [0, 0.05) is 12.6 Å². The smallest absolute Gasteiger partial charge is 0.360 e. The van der Waals surface area contributed by atoms with Crippen molar-refractivity contribution in [3.8, 4) is 0 Å². The van der Waals surface area contributed by atoms with Gasteiger partial charge in [0.05, 0.1) is 12.9 Å². The fourth-order valence-electron chi connectivity index (χ4n) is 2.48. The maximum Gasteiger partial charge on any atom is 0.360 e. The van der Waals surface area contributed by atoms with Gasteiger partial charge in [-0.25, -0.2) is 9.78 Å². The summed E-state index contributed by atoms with van der Waals surface area (Å²) >= 11 is 0. The monoisotopic (exact) mass is 266 g/mol. The zero-order valence-electron chi connectivity index (χ0n) is 11.6. The molecule has 1 fully saturated rings. The van der Waals surface area contributed by atoms with Gasteiger partial charge in [-0.05, 0) is 39.8 Å². The number of imidazole rings is 1. The predicted molar refractivity (Wildman–Crippen MR) is 72.9 cm³/mol. The first-order chi connectivity index (χ1) is 9.13. The molecule has 2 N–H and O–H groups in total. The first-order valence-corrected chi connectivity index (χ1v) is 6.85. The lowest BCUT2D eigenvalue weighted by molar-refractivity contribution is 0.0521. The van der Waals surface area contributed by atoms with Crippen LogP contribution in [0.25, 0.3) is 0 Å². The van der Waals surface area contributed by atoms with E-state index in [0.29, 0.717) is 18.5 Å². The minimum Gasteiger partial charge on any atom is -0.461 e. The molecule has 19 heavy (non-hydrogen) atoms. The number of aromatic nitrogens is 2. The number of esters is 1. The Balaban J connectivity index is 2.02. The summed E-state index contributed by atoms with van der Waals surface area (Å²) in [4.78, 5) is 18.1. The maximum absolute atomic E-state index is 11.6. The number of rotatable bonds is 5.